The molecule has 0 aliphatic heterocycles. The van der Waals surface area contributed by atoms with Gasteiger partial charge in [0, 0.05) is 25.3 Å². The van der Waals surface area contributed by atoms with Crippen LogP contribution in [0.3, 0.4) is 0 Å². The quantitative estimate of drug-likeness (QED) is 0.292. The Balaban J connectivity index is 1.55. The summed E-state index contributed by atoms with van der Waals surface area (Å²) in [5.74, 6) is -4.03. The SMILES string of the molecule is CC(C)n1cnc(C(=O)N[C@H](c2nc3ccc([C@@H](C)NC(=O)CCC(F)(F)F)cc3[nH]2)C2CCC(F)(F)CC2)n1. The third-order valence-electron chi connectivity index (χ3n) is 7.09. The van der Waals surface area contributed by atoms with Gasteiger partial charge in [-0.25, -0.2) is 23.4 Å². The number of amides is 2. The monoisotopic (exact) mass is 569 g/mol. The normalized spacial score (nSPS) is 17.6. The molecule has 0 spiro atoms. The second-order valence-electron chi connectivity index (χ2n) is 10.6. The van der Waals surface area contributed by atoms with E-state index in [1.54, 1.807) is 25.1 Å². The molecule has 1 aliphatic carbocycles. The van der Waals surface area contributed by atoms with Gasteiger partial charge < -0.3 is 15.6 Å². The highest BCUT2D eigenvalue weighted by atomic mass is 19.4. The van der Waals surface area contributed by atoms with Gasteiger partial charge in [-0.1, -0.05) is 6.07 Å². The van der Waals surface area contributed by atoms with Gasteiger partial charge in [-0.05, 0) is 57.2 Å². The minimum absolute atomic E-state index is 0.00759. The lowest BCUT2D eigenvalue weighted by molar-refractivity contribution is -0.144. The number of halogens is 5. The van der Waals surface area contributed by atoms with Crippen LogP contribution in [0, 0.1) is 5.92 Å². The fourth-order valence-corrected chi connectivity index (χ4v) is 4.75. The molecule has 9 nitrogen and oxygen atoms in total. The van der Waals surface area contributed by atoms with Crippen molar-refractivity contribution in [2.24, 2.45) is 5.92 Å². The van der Waals surface area contributed by atoms with Crippen LogP contribution in [-0.4, -0.2) is 48.6 Å². The number of nitrogens with one attached hydrogen (secondary N) is 3. The first kappa shape index (κ1) is 29.4. The summed E-state index contributed by atoms with van der Waals surface area (Å²) in [5, 5.41) is 9.64. The number of fused-ring (bicyclic) bond motifs is 1. The van der Waals surface area contributed by atoms with Crippen molar-refractivity contribution >= 4 is 22.8 Å². The van der Waals surface area contributed by atoms with Crippen LogP contribution in [0.15, 0.2) is 24.5 Å². The predicted octanol–water partition coefficient (Wildman–Crippen LogP) is 5.55. The van der Waals surface area contributed by atoms with Crippen LogP contribution in [0.5, 0.6) is 0 Å². The molecule has 40 heavy (non-hydrogen) atoms. The Labute approximate surface area is 227 Å². The highest BCUT2D eigenvalue weighted by Gasteiger charge is 2.40. The minimum atomic E-state index is -4.42. The lowest BCUT2D eigenvalue weighted by atomic mass is 9.81. The van der Waals surface area contributed by atoms with E-state index in [0.29, 0.717) is 22.4 Å². The molecule has 0 radical (unpaired) electrons. The van der Waals surface area contributed by atoms with Crippen LogP contribution >= 0.6 is 0 Å². The molecular formula is C26H32F5N7O2. The Hall–Kier alpha value is -3.58. The van der Waals surface area contributed by atoms with E-state index in [2.05, 4.69) is 30.7 Å². The summed E-state index contributed by atoms with van der Waals surface area (Å²) in [6.45, 7) is 5.43. The average Bonchev–Trinajstić information content (AvgIpc) is 3.53. The molecular weight excluding hydrogens is 537 g/mol. The first-order valence-electron chi connectivity index (χ1n) is 13.2. The van der Waals surface area contributed by atoms with Crippen molar-refractivity contribution in [3.63, 3.8) is 0 Å². The Bertz CT molecular complexity index is 1340. The van der Waals surface area contributed by atoms with E-state index in [9.17, 15) is 31.5 Å². The molecule has 2 heterocycles. The Kier molecular flexibility index (Phi) is 8.45. The number of benzene rings is 1. The van der Waals surface area contributed by atoms with Gasteiger partial charge in [0.05, 0.1) is 29.5 Å². The number of carbonyl (C=O) groups excluding carboxylic acids is 2. The summed E-state index contributed by atoms with van der Waals surface area (Å²) in [5.41, 5.74) is 1.73. The number of rotatable bonds is 9. The third-order valence-corrected chi connectivity index (χ3v) is 7.09. The van der Waals surface area contributed by atoms with Gasteiger partial charge in [0.15, 0.2) is 0 Å². The van der Waals surface area contributed by atoms with Crippen LogP contribution in [0.1, 0.15) is 99.4 Å². The van der Waals surface area contributed by atoms with Crippen molar-refractivity contribution in [3.8, 4) is 0 Å². The smallest absolute Gasteiger partial charge is 0.350 e. The molecule has 4 rings (SSSR count). The van der Waals surface area contributed by atoms with Crippen molar-refractivity contribution in [2.45, 2.75) is 89.5 Å². The molecule has 2 aromatic heterocycles. The number of carbonyl (C=O) groups is 2. The minimum Gasteiger partial charge on any atom is -0.350 e. The van der Waals surface area contributed by atoms with E-state index in [0.717, 1.165) is 0 Å². The molecule has 3 aromatic rings. The summed E-state index contributed by atoms with van der Waals surface area (Å²) in [4.78, 5) is 36.9. The topological polar surface area (TPSA) is 118 Å². The zero-order valence-corrected chi connectivity index (χ0v) is 22.4. The van der Waals surface area contributed by atoms with E-state index in [-0.39, 0.29) is 43.5 Å². The standard InChI is InChI=1S/C26H32F5N7O2/c1-14(2)38-13-32-23(37-38)24(40)36-21(16-6-9-25(27,28)10-7-16)22-34-18-5-4-17(12-19(18)35-22)15(3)33-20(39)8-11-26(29,30)31/h4-5,12-16,21H,6-11H2,1-3H3,(H,33,39)(H,34,35)(H,36,40)/t15-,21+/m1/s1. The molecule has 218 valence electrons. The van der Waals surface area contributed by atoms with Crippen molar-refractivity contribution in [1.29, 1.82) is 0 Å². The van der Waals surface area contributed by atoms with Crippen molar-refractivity contribution in [2.75, 3.05) is 0 Å². The van der Waals surface area contributed by atoms with Gasteiger partial charge in [0.25, 0.3) is 5.91 Å². The first-order chi connectivity index (χ1) is 18.7. The fraction of sp³-hybridized carbons (Fsp3) is 0.577. The number of hydrogen-bond acceptors (Lipinski definition) is 5. The van der Waals surface area contributed by atoms with Crippen LogP contribution in [-0.2, 0) is 4.79 Å². The van der Waals surface area contributed by atoms with Crippen molar-refractivity contribution < 1.29 is 31.5 Å². The molecule has 1 saturated carbocycles. The molecule has 1 aromatic carbocycles. The van der Waals surface area contributed by atoms with Crippen molar-refractivity contribution in [1.82, 2.24) is 35.4 Å². The number of alkyl halides is 5. The van der Waals surface area contributed by atoms with Gasteiger partial charge in [-0.3, -0.25) is 9.59 Å². The van der Waals surface area contributed by atoms with Crippen molar-refractivity contribution in [3.05, 3.63) is 41.7 Å². The highest BCUT2D eigenvalue weighted by molar-refractivity contribution is 5.90. The lowest BCUT2D eigenvalue weighted by Gasteiger charge is -2.33. The Morgan fingerprint density at radius 1 is 1.15 bits per heavy atom. The lowest BCUT2D eigenvalue weighted by Crippen LogP contribution is -2.38. The zero-order valence-electron chi connectivity index (χ0n) is 22.4. The van der Waals surface area contributed by atoms with Crippen LogP contribution in [0.2, 0.25) is 0 Å². The second kappa shape index (κ2) is 11.5. The number of nitrogens with zero attached hydrogens (tertiary/aromatic N) is 4. The number of H-pyrrole nitrogens is 1. The molecule has 2 atom stereocenters. The molecule has 0 unspecified atom stereocenters. The third kappa shape index (κ3) is 7.33. The number of hydrogen-bond donors (Lipinski definition) is 3. The van der Waals surface area contributed by atoms with Crippen LogP contribution < -0.4 is 10.6 Å². The molecule has 1 aliphatic rings. The van der Waals surface area contributed by atoms with Gasteiger partial charge >= 0.3 is 6.18 Å². The maximum atomic E-state index is 13.9. The van der Waals surface area contributed by atoms with E-state index in [1.165, 1.54) is 11.0 Å². The molecule has 3 N–H and O–H groups in total. The second-order valence-corrected chi connectivity index (χ2v) is 10.6. The predicted molar refractivity (Wildman–Crippen MR) is 135 cm³/mol. The largest absolute Gasteiger partial charge is 0.389 e. The zero-order chi connectivity index (χ0) is 29.2. The van der Waals surface area contributed by atoms with E-state index >= 15 is 0 Å². The molecule has 2 amide bonds. The van der Waals surface area contributed by atoms with E-state index in [1.807, 2.05) is 13.8 Å². The maximum absolute atomic E-state index is 13.9. The molecule has 0 saturated heterocycles. The van der Waals surface area contributed by atoms with Gasteiger partial charge in [-0.2, -0.15) is 13.2 Å². The molecule has 14 heteroatoms. The highest BCUT2D eigenvalue weighted by Crippen LogP contribution is 2.41. The Morgan fingerprint density at radius 3 is 2.48 bits per heavy atom. The summed E-state index contributed by atoms with van der Waals surface area (Å²) < 4.78 is 66.7. The van der Waals surface area contributed by atoms with Crippen LogP contribution in [0.4, 0.5) is 22.0 Å². The maximum Gasteiger partial charge on any atom is 0.389 e. The van der Waals surface area contributed by atoms with Crippen LogP contribution in [0.25, 0.3) is 11.0 Å². The summed E-state index contributed by atoms with van der Waals surface area (Å²) >= 11 is 0. The summed E-state index contributed by atoms with van der Waals surface area (Å²) in [6, 6.07) is 3.79. The molecule has 0 bridgehead atoms. The summed E-state index contributed by atoms with van der Waals surface area (Å²) in [6.07, 6.45) is -5.11. The van der Waals surface area contributed by atoms with Gasteiger partial charge in [0.1, 0.15) is 12.2 Å². The van der Waals surface area contributed by atoms with Gasteiger partial charge in [0.2, 0.25) is 17.7 Å². The number of aromatic nitrogens is 5. The Morgan fingerprint density at radius 2 is 1.85 bits per heavy atom. The van der Waals surface area contributed by atoms with E-state index < -0.39 is 48.8 Å². The average molecular weight is 570 g/mol. The first-order valence-corrected chi connectivity index (χ1v) is 13.2. The number of imidazole rings is 1. The van der Waals surface area contributed by atoms with E-state index in [4.69, 9.17) is 0 Å². The summed E-state index contributed by atoms with van der Waals surface area (Å²) in [7, 11) is 0. The fourth-order valence-electron chi connectivity index (χ4n) is 4.75. The van der Waals surface area contributed by atoms with Gasteiger partial charge in [-0.15, -0.1) is 5.10 Å². The number of aromatic amines is 1. The molecule has 1 fully saturated rings.